The highest BCUT2D eigenvalue weighted by Gasteiger charge is 2.43. The van der Waals surface area contributed by atoms with E-state index in [2.05, 4.69) is 63.7 Å². The van der Waals surface area contributed by atoms with E-state index >= 15 is 0 Å². The lowest BCUT2D eigenvalue weighted by Crippen LogP contribution is -2.55. The number of ketones is 1. The highest BCUT2D eigenvalue weighted by molar-refractivity contribution is 5.90. The van der Waals surface area contributed by atoms with Crippen molar-refractivity contribution in [2.75, 3.05) is 55.0 Å². The van der Waals surface area contributed by atoms with Crippen LogP contribution in [0.25, 0.3) is 0 Å². The van der Waals surface area contributed by atoms with Gasteiger partial charge in [0.05, 0.1) is 54.8 Å². The molecule has 2 rings (SSSR count). The lowest BCUT2D eigenvalue weighted by Gasteiger charge is -2.41. The van der Waals surface area contributed by atoms with Crippen molar-refractivity contribution in [2.24, 2.45) is 29.6 Å². The average molecular weight is 816 g/mol. The van der Waals surface area contributed by atoms with E-state index in [1.807, 2.05) is 56.1 Å². The number of hydrogen-bond acceptors (Lipinski definition) is 9. The molecular formula is C46H81N5O7. The molecule has 12 nitrogen and oxygen atoms in total. The van der Waals surface area contributed by atoms with Crippen molar-refractivity contribution in [2.45, 2.75) is 150 Å². The van der Waals surface area contributed by atoms with E-state index in [1.165, 1.54) is 0 Å². The Morgan fingerprint density at radius 2 is 1.47 bits per heavy atom. The van der Waals surface area contributed by atoms with Crippen LogP contribution < -0.4 is 5.32 Å². The normalized spacial score (nSPS) is 19.5. The summed E-state index contributed by atoms with van der Waals surface area (Å²) in [6.45, 7) is 22.3. The van der Waals surface area contributed by atoms with Crippen LogP contribution in [0.4, 0.5) is 0 Å². The number of nitrogens with zero attached hydrogens (tertiary/aromatic N) is 4. The number of aliphatic hydroxyl groups is 1. The first-order valence-electron chi connectivity index (χ1n) is 21.8. The second-order valence-electron chi connectivity index (χ2n) is 18.0. The maximum atomic E-state index is 14.5. The molecule has 1 heterocycles. The molecule has 12 heteroatoms. The Morgan fingerprint density at radius 1 is 0.862 bits per heavy atom. The van der Waals surface area contributed by atoms with Gasteiger partial charge in [0.1, 0.15) is 0 Å². The van der Waals surface area contributed by atoms with Gasteiger partial charge in [-0.3, -0.25) is 24.1 Å². The number of rotatable bonds is 25. The fraction of sp³-hybridized carbons (Fsp3) is 0.783. The van der Waals surface area contributed by atoms with Crippen LogP contribution in [0.2, 0.25) is 0 Å². The standard InChI is InChI=1S/C46H81N5O7/c1-16-32(8)42(50(13)46(56)36(29(2)3)27-38(52)41(30(4)5)49(12)26-25-48(11)31(6)7)39(57-14)28-40(53)51-24-20-23-37(51)44(58-15)33(9)45(55)47-34(10)43(54)35-21-18-17-19-22-35/h17-19,21-22,29-34,36-37,39,41-44,54H,16,20,23-28H2,1-15H3,(H,47,55)/t32-,33+,34+,36-,37-,39+,41-,42-,43+,44+/m0/s1. The molecule has 0 aromatic heterocycles. The molecule has 1 aromatic rings. The summed E-state index contributed by atoms with van der Waals surface area (Å²) in [4.78, 5) is 64.4. The van der Waals surface area contributed by atoms with Gasteiger partial charge in [-0.25, -0.2) is 0 Å². The summed E-state index contributed by atoms with van der Waals surface area (Å²) in [7, 11) is 9.04. The van der Waals surface area contributed by atoms with Gasteiger partial charge in [0.25, 0.3) is 0 Å². The van der Waals surface area contributed by atoms with Gasteiger partial charge >= 0.3 is 0 Å². The maximum Gasteiger partial charge on any atom is 0.226 e. The van der Waals surface area contributed by atoms with Crippen LogP contribution in [0.15, 0.2) is 30.3 Å². The van der Waals surface area contributed by atoms with E-state index in [1.54, 1.807) is 40.0 Å². The minimum Gasteiger partial charge on any atom is -0.386 e. The predicted molar refractivity (Wildman–Crippen MR) is 232 cm³/mol. The second kappa shape index (κ2) is 24.4. The van der Waals surface area contributed by atoms with Gasteiger partial charge < -0.3 is 34.6 Å². The number of Topliss-reactive ketones (excluding diaryl/α,β-unsaturated/α-hetero) is 1. The molecule has 1 aliphatic heterocycles. The molecule has 0 saturated carbocycles. The first kappa shape index (κ1) is 51.2. The van der Waals surface area contributed by atoms with Crippen molar-refractivity contribution in [3.05, 3.63) is 35.9 Å². The Labute approximate surface area is 351 Å². The third kappa shape index (κ3) is 13.8. The largest absolute Gasteiger partial charge is 0.386 e. The summed E-state index contributed by atoms with van der Waals surface area (Å²) >= 11 is 0. The van der Waals surface area contributed by atoms with Gasteiger partial charge in [-0.1, -0.05) is 85.2 Å². The van der Waals surface area contributed by atoms with Crippen LogP contribution in [0.5, 0.6) is 0 Å². The molecule has 1 aliphatic rings. The van der Waals surface area contributed by atoms with Crippen molar-refractivity contribution in [3.8, 4) is 0 Å². The molecule has 1 saturated heterocycles. The molecule has 58 heavy (non-hydrogen) atoms. The lowest BCUT2D eigenvalue weighted by atomic mass is 9.83. The van der Waals surface area contributed by atoms with Crippen LogP contribution in [0.3, 0.4) is 0 Å². The van der Waals surface area contributed by atoms with E-state index < -0.39 is 42.2 Å². The van der Waals surface area contributed by atoms with Gasteiger partial charge in [-0.15, -0.1) is 0 Å². The Morgan fingerprint density at radius 3 is 1.98 bits per heavy atom. The van der Waals surface area contributed by atoms with E-state index in [0.29, 0.717) is 24.6 Å². The van der Waals surface area contributed by atoms with Crippen molar-refractivity contribution in [1.29, 1.82) is 0 Å². The molecule has 10 atom stereocenters. The number of carbonyl (C=O) groups excluding carboxylic acids is 4. The number of ether oxygens (including phenoxy) is 2. The molecule has 1 aromatic carbocycles. The van der Waals surface area contributed by atoms with Gasteiger partial charge in [0.15, 0.2) is 5.78 Å². The molecular weight excluding hydrogens is 735 g/mol. The summed E-state index contributed by atoms with van der Waals surface area (Å²) in [5.74, 6) is -1.55. The van der Waals surface area contributed by atoms with Crippen molar-refractivity contribution in [1.82, 2.24) is 24.9 Å². The van der Waals surface area contributed by atoms with E-state index in [9.17, 15) is 24.3 Å². The second-order valence-corrected chi connectivity index (χ2v) is 18.0. The molecule has 332 valence electrons. The number of benzene rings is 1. The van der Waals surface area contributed by atoms with Crippen molar-refractivity contribution >= 4 is 23.5 Å². The SMILES string of the molecule is CC[C@H](C)[C@@H]([C@@H](CC(=O)N1CCC[C@H]1[C@H](OC)[C@@H](C)C(=O)N[C@H](C)[C@@H](O)c1ccccc1)OC)N(C)C(=O)[C@@H](CC(=O)[C@H](C(C)C)N(C)CCN(C)C(C)C)C(C)C. The van der Waals surface area contributed by atoms with Crippen LogP contribution >= 0.6 is 0 Å². The fourth-order valence-electron chi connectivity index (χ4n) is 8.73. The van der Waals surface area contributed by atoms with Crippen molar-refractivity contribution in [3.63, 3.8) is 0 Å². The fourth-order valence-corrected chi connectivity index (χ4v) is 8.73. The number of nitrogens with one attached hydrogen (secondary N) is 1. The Bertz CT molecular complexity index is 1410. The smallest absolute Gasteiger partial charge is 0.226 e. The first-order valence-corrected chi connectivity index (χ1v) is 21.8. The molecule has 0 spiro atoms. The third-order valence-corrected chi connectivity index (χ3v) is 12.9. The molecule has 0 radical (unpaired) electrons. The minimum atomic E-state index is -0.876. The summed E-state index contributed by atoms with van der Waals surface area (Å²) in [5, 5.41) is 13.8. The van der Waals surface area contributed by atoms with Crippen LogP contribution in [-0.4, -0.2) is 146 Å². The Kier molecular flexibility index (Phi) is 21.5. The molecule has 0 aliphatic carbocycles. The highest BCUT2D eigenvalue weighted by atomic mass is 16.5. The summed E-state index contributed by atoms with van der Waals surface area (Å²) in [6, 6.07) is 8.03. The first-order chi connectivity index (χ1) is 27.2. The van der Waals surface area contributed by atoms with Gasteiger partial charge in [0, 0.05) is 59.3 Å². The summed E-state index contributed by atoms with van der Waals surface area (Å²) < 4.78 is 12.0. The van der Waals surface area contributed by atoms with Crippen LogP contribution in [0.1, 0.15) is 113 Å². The van der Waals surface area contributed by atoms with Gasteiger partial charge in [0.2, 0.25) is 17.7 Å². The molecule has 0 unspecified atom stereocenters. The number of carbonyl (C=O) groups is 4. The van der Waals surface area contributed by atoms with Gasteiger partial charge in [-0.05, 0) is 71.0 Å². The number of methoxy groups -OCH3 is 2. The number of likely N-dealkylation sites (N-methyl/N-ethyl adjacent to an activating group) is 3. The summed E-state index contributed by atoms with van der Waals surface area (Å²) in [6.07, 6.45) is 0.347. The number of amides is 3. The molecule has 2 N–H and O–H groups in total. The zero-order valence-corrected chi connectivity index (χ0v) is 38.7. The van der Waals surface area contributed by atoms with E-state index in [-0.39, 0.29) is 66.2 Å². The quantitative estimate of drug-likeness (QED) is 0.128. The maximum absolute atomic E-state index is 14.5. The monoisotopic (exact) mass is 816 g/mol. The van der Waals surface area contributed by atoms with Crippen LogP contribution in [0, 0.1) is 29.6 Å². The molecule has 3 amide bonds. The Hall–Kier alpha value is -2.90. The molecule has 0 bridgehead atoms. The van der Waals surface area contributed by atoms with E-state index in [0.717, 1.165) is 25.9 Å². The third-order valence-electron chi connectivity index (χ3n) is 12.9. The average Bonchev–Trinajstić information content (AvgIpc) is 3.67. The zero-order valence-electron chi connectivity index (χ0n) is 38.7. The van der Waals surface area contributed by atoms with Gasteiger partial charge in [-0.2, -0.15) is 0 Å². The lowest BCUT2D eigenvalue weighted by molar-refractivity contribution is -0.149. The number of hydrogen-bond donors (Lipinski definition) is 2. The summed E-state index contributed by atoms with van der Waals surface area (Å²) in [5.41, 5.74) is 0.714. The topological polar surface area (TPSA) is 132 Å². The van der Waals surface area contributed by atoms with Crippen molar-refractivity contribution < 1.29 is 33.8 Å². The minimum absolute atomic E-state index is 0.000694. The predicted octanol–water partition coefficient (Wildman–Crippen LogP) is 5.67. The molecule has 1 fully saturated rings. The highest BCUT2D eigenvalue weighted by Crippen LogP contribution is 2.31. The zero-order chi connectivity index (χ0) is 44.0. The number of aliphatic hydroxyl groups excluding tert-OH is 1. The van der Waals surface area contributed by atoms with Crippen LogP contribution in [-0.2, 0) is 28.7 Å². The Balaban J connectivity index is 2.26. The van der Waals surface area contributed by atoms with E-state index in [4.69, 9.17) is 9.47 Å². The number of likely N-dealkylation sites (tertiary alicyclic amines) is 1.